The molecule has 0 unspecified atom stereocenters. The zero-order chi connectivity index (χ0) is 29.7. The molecule has 1 aliphatic carbocycles. The third kappa shape index (κ3) is 6.51. The second-order valence-corrected chi connectivity index (χ2v) is 13.8. The van der Waals surface area contributed by atoms with Crippen molar-refractivity contribution < 1.29 is 26.4 Å². The molecule has 4 aromatic rings. The number of nitrogens with one attached hydrogen (secondary N) is 2. The topological polar surface area (TPSA) is 126 Å². The number of hydrogen-bond acceptors (Lipinski definition) is 6. The van der Waals surface area contributed by atoms with Crippen LogP contribution in [0.2, 0.25) is 0 Å². The number of hydrogen-bond donors (Lipinski definition) is 2. The van der Waals surface area contributed by atoms with E-state index in [1.54, 1.807) is 24.3 Å². The summed E-state index contributed by atoms with van der Waals surface area (Å²) in [4.78, 5) is 23.0. The van der Waals surface area contributed by atoms with Crippen LogP contribution < -0.4 is 10.0 Å². The largest absolute Gasteiger partial charge is 0.348 e. The van der Waals surface area contributed by atoms with E-state index >= 15 is 0 Å². The van der Waals surface area contributed by atoms with Crippen molar-refractivity contribution >= 4 is 31.6 Å². The number of aryl methyl sites for hydroxylation is 2. The summed E-state index contributed by atoms with van der Waals surface area (Å²) in [5.74, 6) is 0.637. The molecule has 4 aromatic carbocycles. The summed E-state index contributed by atoms with van der Waals surface area (Å²) in [5.41, 5.74) is 5.89. The third-order valence-electron chi connectivity index (χ3n) is 7.30. The Labute approximate surface area is 245 Å². The lowest BCUT2D eigenvalue weighted by Gasteiger charge is -1.94. The minimum Gasteiger partial charge on any atom is -0.348 e. The molecule has 216 valence electrons. The monoisotopic (exact) mass is 602 g/mol. The predicted molar refractivity (Wildman–Crippen MR) is 159 cm³/mol. The maximum Gasteiger partial charge on any atom is 0.251 e. The number of rotatable bonds is 0. The first kappa shape index (κ1) is 29.4. The highest BCUT2D eigenvalue weighted by atomic mass is 32.2. The summed E-state index contributed by atoms with van der Waals surface area (Å²) in [6.07, 6.45) is 2.33. The van der Waals surface area contributed by atoms with E-state index in [0.717, 1.165) is 34.2 Å². The van der Waals surface area contributed by atoms with Crippen molar-refractivity contribution in [2.75, 3.05) is 5.75 Å². The van der Waals surface area contributed by atoms with Gasteiger partial charge in [-0.05, 0) is 53.3 Å². The van der Waals surface area contributed by atoms with Gasteiger partial charge in [-0.15, -0.1) is 0 Å². The van der Waals surface area contributed by atoms with E-state index in [9.17, 15) is 26.4 Å². The Morgan fingerprint density at radius 2 is 1.10 bits per heavy atom. The summed E-state index contributed by atoms with van der Waals surface area (Å²) >= 11 is 0. The summed E-state index contributed by atoms with van der Waals surface area (Å²) in [6, 6.07) is 29.7. The van der Waals surface area contributed by atoms with E-state index in [2.05, 4.69) is 10.0 Å². The predicted octanol–water partition coefficient (Wildman–Crippen LogP) is 4.24. The first-order chi connectivity index (χ1) is 20.2. The van der Waals surface area contributed by atoms with Crippen LogP contribution in [0.25, 0.3) is 0 Å². The lowest BCUT2D eigenvalue weighted by Crippen LogP contribution is -2.13. The van der Waals surface area contributed by atoms with Crippen LogP contribution in [-0.2, 0) is 45.8 Å². The molecule has 42 heavy (non-hydrogen) atoms. The van der Waals surface area contributed by atoms with E-state index in [0.29, 0.717) is 41.5 Å². The minimum absolute atomic E-state index is 0.0515. The standard InChI is InChI=1S/C9H8O.C8H7NO.C8H8O2S.C7H7NO2S/c10-9-6-5-7-3-1-2-4-8(7)9;10-8-7-4-2-1-3-6(7)5-9-8;9-11(10)6-5-7-3-1-2-4-8(7)11;9-11(10)7-4-2-1-3-6(7)5-8-11/h1-4H,5-6H2;1-4H,5H2,(H,9,10);1-4H,5-6H2;1-4,8H,5H2. The van der Waals surface area contributed by atoms with Crippen LogP contribution in [0.15, 0.2) is 107 Å². The number of Topliss-reactive ketones (excluding diaryl/α,β-unsaturated/α-hetero) is 1. The second kappa shape index (κ2) is 12.4. The van der Waals surface area contributed by atoms with Crippen LogP contribution in [0, 0.1) is 0 Å². The van der Waals surface area contributed by atoms with E-state index in [1.165, 1.54) is 5.56 Å². The Kier molecular flexibility index (Phi) is 8.67. The normalized spacial score (nSPS) is 17.4. The number of ketones is 1. The summed E-state index contributed by atoms with van der Waals surface area (Å²) in [5, 5.41) is 2.75. The van der Waals surface area contributed by atoms with E-state index < -0.39 is 19.9 Å². The molecule has 0 saturated carbocycles. The fraction of sp³-hybridized carbons (Fsp3) is 0.188. The number of sulfone groups is 1. The molecule has 1 amide bonds. The Bertz CT molecular complexity index is 1730. The van der Waals surface area contributed by atoms with Gasteiger partial charge in [-0.3, -0.25) is 9.59 Å². The number of benzene rings is 4. The molecule has 8 nitrogen and oxygen atoms in total. The highest BCUT2D eigenvalue weighted by molar-refractivity contribution is 7.91. The maximum atomic E-state index is 11.3. The van der Waals surface area contributed by atoms with Gasteiger partial charge in [0.15, 0.2) is 15.6 Å². The zero-order valence-electron chi connectivity index (χ0n) is 22.7. The van der Waals surface area contributed by atoms with Gasteiger partial charge in [-0.25, -0.2) is 21.6 Å². The summed E-state index contributed by atoms with van der Waals surface area (Å²) in [6.45, 7) is 1.12. The van der Waals surface area contributed by atoms with Crippen molar-refractivity contribution in [2.24, 2.45) is 0 Å². The molecule has 4 aliphatic rings. The molecule has 0 saturated heterocycles. The molecule has 0 fully saturated rings. The first-order valence-corrected chi connectivity index (χ1v) is 16.6. The van der Waals surface area contributed by atoms with Crippen molar-refractivity contribution in [3.05, 3.63) is 130 Å². The molecule has 0 radical (unpaired) electrons. The summed E-state index contributed by atoms with van der Waals surface area (Å²) < 4.78 is 47.2. The van der Waals surface area contributed by atoms with Gasteiger partial charge >= 0.3 is 0 Å². The van der Waals surface area contributed by atoms with Crippen molar-refractivity contribution in [2.45, 2.75) is 42.1 Å². The molecule has 3 heterocycles. The smallest absolute Gasteiger partial charge is 0.251 e. The molecule has 0 bridgehead atoms. The van der Waals surface area contributed by atoms with E-state index in [1.807, 2.05) is 72.8 Å². The van der Waals surface area contributed by atoms with Gasteiger partial charge in [0.25, 0.3) is 5.91 Å². The van der Waals surface area contributed by atoms with Gasteiger partial charge in [0, 0.05) is 30.6 Å². The van der Waals surface area contributed by atoms with Gasteiger partial charge in [0.1, 0.15) is 0 Å². The fourth-order valence-corrected chi connectivity index (χ4v) is 7.90. The van der Waals surface area contributed by atoms with E-state index in [-0.39, 0.29) is 11.7 Å². The molecule has 0 atom stereocenters. The van der Waals surface area contributed by atoms with Gasteiger partial charge in [0.2, 0.25) is 10.0 Å². The van der Waals surface area contributed by atoms with Crippen LogP contribution in [0.1, 0.15) is 49.4 Å². The third-order valence-corrected chi connectivity index (χ3v) is 10.6. The van der Waals surface area contributed by atoms with Crippen molar-refractivity contribution in [3.63, 3.8) is 0 Å². The fourth-order valence-electron chi connectivity index (χ4n) is 5.09. The average Bonchev–Trinajstić information content (AvgIpc) is 3.75. The average molecular weight is 603 g/mol. The van der Waals surface area contributed by atoms with Gasteiger partial charge in [0.05, 0.1) is 15.5 Å². The molecule has 0 aromatic heterocycles. The highest BCUT2D eigenvalue weighted by Crippen LogP contribution is 2.25. The lowest BCUT2D eigenvalue weighted by atomic mass is 10.1. The van der Waals surface area contributed by atoms with Crippen LogP contribution in [-0.4, -0.2) is 34.3 Å². The van der Waals surface area contributed by atoms with Gasteiger partial charge < -0.3 is 5.32 Å². The number of fused-ring (bicyclic) bond motifs is 4. The van der Waals surface area contributed by atoms with Crippen LogP contribution >= 0.6 is 0 Å². The van der Waals surface area contributed by atoms with Crippen LogP contribution in [0.3, 0.4) is 0 Å². The lowest BCUT2D eigenvalue weighted by molar-refractivity contribution is 0.0963. The number of amides is 1. The number of sulfonamides is 1. The minimum atomic E-state index is -3.16. The Morgan fingerprint density at radius 1 is 0.524 bits per heavy atom. The van der Waals surface area contributed by atoms with Crippen molar-refractivity contribution in [1.82, 2.24) is 10.0 Å². The molecule has 10 heteroatoms. The van der Waals surface area contributed by atoms with Crippen molar-refractivity contribution in [1.29, 1.82) is 0 Å². The maximum absolute atomic E-state index is 11.3. The SMILES string of the molecule is O=C1CCc2ccccc21.O=C1NCc2ccccc21.O=S1(=O)CCc2ccccc21.O=S1(=O)NCc2ccccc21. The first-order valence-electron chi connectivity index (χ1n) is 13.5. The molecule has 3 aliphatic heterocycles. The molecule has 8 rings (SSSR count). The van der Waals surface area contributed by atoms with E-state index in [4.69, 9.17) is 0 Å². The Morgan fingerprint density at radius 3 is 1.74 bits per heavy atom. The second-order valence-electron chi connectivity index (χ2n) is 10.0. The quantitative estimate of drug-likeness (QED) is 0.310. The summed E-state index contributed by atoms with van der Waals surface area (Å²) in [7, 11) is -6.06. The molecular weight excluding hydrogens is 572 g/mol. The molecule has 2 N–H and O–H groups in total. The van der Waals surface area contributed by atoms with Crippen LogP contribution in [0.4, 0.5) is 0 Å². The Hall–Kier alpha value is -4.12. The molecule has 0 spiro atoms. The zero-order valence-corrected chi connectivity index (χ0v) is 24.4. The number of carbonyl (C=O) groups excluding carboxylic acids is 2. The van der Waals surface area contributed by atoms with Crippen LogP contribution in [0.5, 0.6) is 0 Å². The Balaban J connectivity index is 0.000000112. The van der Waals surface area contributed by atoms with Gasteiger partial charge in [-0.2, -0.15) is 0 Å². The molecular formula is C32H30N2O6S2. The highest BCUT2D eigenvalue weighted by Gasteiger charge is 2.25. The van der Waals surface area contributed by atoms with Crippen molar-refractivity contribution in [3.8, 4) is 0 Å². The van der Waals surface area contributed by atoms with Gasteiger partial charge in [-0.1, -0.05) is 78.9 Å². The number of carbonyl (C=O) groups is 2.